The third-order valence-corrected chi connectivity index (χ3v) is 30.6. The van der Waals surface area contributed by atoms with Crippen molar-refractivity contribution in [3.05, 3.63) is 127 Å². The number of thiazole rings is 2. The van der Waals surface area contributed by atoms with Gasteiger partial charge in [0.2, 0.25) is 23.6 Å². The Morgan fingerprint density at radius 3 is 1.28 bits per heavy atom. The van der Waals surface area contributed by atoms with Crippen molar-refractivity contribution in [2.45, 2.75) is 322 Å². The van der Waals surface area contributed by atoms with Crippen LogP contribution in [0.25, 0.3) is 0 Å². The molecule has 10 N–H and O–H groups in total. The summed E-state index contributed by atoms with van der Waals surface area (Å²) < 4.78 is 17.5. The fraction of sp³-hybridized carbons (Fsp3) is 0.648. The molecule has 37 heteroatoms. The van der Waals surface area contributed by atoms with Crippen LogP contribution in [0, 0.1) is 41.4 Å². The van der Waals surface area contributed by atoms with Gasteiger partial charge in [-0.25, -0.2) is 14.8 Å². The monoisotopic (exact) mass is 2060 g/mol. The summed E-state index contributed by atoms with van der Waals surface area (Å²) in [5.41, 5.74) is 14.4. The van der Waals surface area contributed by atoms with Crippen LogP contribution in [0.1, 0.15) is 301 Å². The number of ether oxygens (including phenoxy) is 3. The third-order valence-electron chi connectivity index (χ3n) is 28.7. The van der Waals surface area contributed by atoms with Crippen LogP contribution < -0.4 is 32.7 Å². The second-order valence-electron chi connectivity index (χ2n) is 40.3. The standard InChI is InChI=1S/C55H83N7O10S.C53H79N7O11S/c1-9-36(4)41(32-47(64)44-18-13-16-27-60(44)6)54(69)61(7)45(35(2)3)33-48(72-8)53-59-43(34-73-53)52(68)57-40(29-37(5)55(70)71)30-38-20-22-39(23-21-38)31-46(63)42(17-12-14-26-56)58-49(65)19-11-10-15-28-62-50(66)24-25-51(62)67;1-8-35(4)38(30-45(62)42-17-12-15-26-58(42)5)52(67)60(33-70-6)43(34(2)3)31-46(71-7)51-57-41(32-72-51)50(66)56-40(53(68)69)28-36-19-21-37(22-20-36)29-44(61)39(16-11-13-25-54)55-47(63)18-10-9-14-27-59-48(64)23-24-49(59)65/h20-25,34-37,40-42,44-45,48H,9-19,26-33,56H2,1-8H3,(H,57,68)(H,58,65)(H,70,71);19-24,32,34-35,38-40,42-43,46H,8-18,25-31,33,54H2,1-7H3,(H,55,63)(H,56,66)(H,68,69)/t36-,37?,40+,41-,42-,44+,45+,48+;35-,38-,39-,40-,42+,43+,46+/m00/s1. The van der Waals surface area contributed by atoms with Crippen molar-refractivity contribution < 1.29 is 101 Å². The van der Waals surface area contributed by atoms with Gasteiger partial charge in [0.1, 0.15) is 46.4 Å². The number of rotatable bonds is 66. The third kappa shape index (κ3) is 38.7. The van der Waals surface area contributed by atoms with Gasteiger partial charge in [-0.1, -0.05) is 149 Å². The number of unbranched alkanes of at least 4 members (excludes halogenated alkanes) is 6. The minimum absolute atomic E-state index is 0.0113. The van der Waals surface area contributed by atoms with Crippen LogP contribution in [-0.2, 0) is 107 Å². The summed E-state index contributed by atoms with van der Waals surface area (Å²) in [7, 11) is 10.4. The molecule has 2 saturated heterocycles. The fourth-order valence-electron chi connectivity index (χ4n) is 19.2. The number of likely N-dealkylation sites (N-methyl/N-ethyl adjacent to an activating group) is 2. The maximum Gasteiger partial charge on any atom is 0.326 e. The summed E-state index contributed by atoms with van der Waals surface area (Å²) >= 11 is 2.47. The molecule has 15 atom stereocenters. The highest BCUT2D eigenvalue weighted by Gasteiger charge is 2.42. The van der Waals surface area contributed by atoms with Crippen molar-refractivity contribution in [3.8, 4) is 0 Å². The number of methoxy groups -OCH3 is 3. The Balaban J connectivity index is 0.000000393. The van der Waals surface area contributed by atoms with E-state index in [4.69, 9.17) is 30.7 Å². The number of nitrogens with two attached hydrogens (primary N) is 2. The van der Waals surface area contributed by atoms with Crippen molar-refractivity contribution in [1.29, 1.82) is 0 Å². The van der Waals surface area contributed by atoms with Gasteiger partial charge in [-0.2, -0.15) is 0 Å². The quantitative estimate of drug-likeness (QED) is 0.0116. The number of carboxylic acid groups (broad SMARTS) is 2. The average Bonchev–Trinajstić information content (AvgIpc) is 1.59. The first-order chi connectivity index (χ1) is 69.2. The van der Waals surface area contributed by atoms with Crippen LogP contribution in [0.15, 0.2) is 83.6 Å². The molecule has 1 unspecified atom stereocenters. The smallest absolute Gasteiger partial charge is 0.326 e. The number of carbonyl (C=O) groups is 16. The van der Waals surface area contributed by atoms with Crippen molar-refractivity contribution in [2.75, 3.05) is 88.5 Å². The molecule has 35 nitrogen and oxygen atoms in total. The predicted molar refractivity (Wildman–Crippen MR) is 555 cm³/mol. The fourth-order valence-corrected chi connectivity index (χ4v) is 21.0. The van der Waals surface area contributed by atoms with E-state index >= 15 is 0 Å². The molecule has 2 fully saturated rings. The maximum atomic E-state index is 14.6. The lowest BCUT2D eigenvalue weighted by atomic mass is 9.82. The number of nitrogens with zero attached hydrogens (tertiary/aromatic N) is 8. The molecule has 8 rings (SSSR count). The largest absolute Gasteiger partial charge is 0.481 e. The number of aliphatic carboxylic acids is 2. The predicted octanol–water partition coefficient (Wildman–Crippen LogP) is 11.9. The Morgan fingerprint density at radius 1 is 0.490 bits per heavy atom. The summed E-state index contributed by atoms with van der Waals surface area (Å²) in [4.78, 5) is 228. The SMILES string of the molecule is CC[C@H](C)[C@H](CC(=O)[C@H]1CCCCN1C)C(=O)N(C)[C@H](C[C@@H](OC)c1nc(C(=O)N[C@@H](Cc2ccc(CC(=O)[C@H](CCCCN)NC(=O)CCCCCN3C(=O)C=CC3=O)cc2)CC(C)C(=O)O)cs1)C(C)C.CC[C@H](C)[C@H](CC(=O)[C@H]1CCCCN1C)C(=O)N(COC)[C@H](C[C@@H](OC)c1nc(C(=O)N[C@@H](Cc2ccc(CC(=O)[C@H](CCCCN)NC(=O)CCCCCN3C(=O)C=CC3=O)cc2)C(=O)O)cs1)C(C)C. The number of nitrogens with one attached hydrogen (secondary N) is 4. The molecule has 4 aliphatic heterocycles. The molecule has 4 aromatic rings. The van der Waals surface area contributed by atoms with Crippen LogP contribution in [0.2, 0.25) is 0 Å². The zero-order valence-electron chi connectivity index (χ0n) is 88.0. The first kappa shape index (κ1) is 122. The van der Waals surface area contributed by atoms with E-state index in [1.807, 2.05) is 79.9 Å². The summed E-state index contributed by atoms with van der Waals surface area (Å²) in [6.07, 6.45) is 20.0. The van der Waals surface area contributed by atoms with E-state index in [1.54, 1.807) is 65.9 Å². The molecular formula is C108H162N14O21S2. The van der Waals surface area contributed by atoms with E-state index in [-0.39, 0.29) is 194 Å². The Hall–Kier alpha value is -10.4. The number of benzene rings is 2. The number of imide groups is 2. The number of amides is 10. The lowest BCUT2D eigenvalue weighted by Crippen LogP contribution is -2.50. The number of aromatic nitrogens is 2. The summed E-state index contributed by atoms with van der Waals surface area (Å²) in [5.74, 6) is -7.35. The second kappa shape index (κ2) is 62.7. The number of piperidine rings is 2. The van der Waals surface area contributed by atoms with E-state index < -0.39 is 77.9 Å². The first-order valence-electron chi connectivity index (χ1n) is 52.0. The number of hydrogen-bond acceptors (Lipinski definition) is 27. The van der Waals surface area contributed by atoms with Crippen LogP contribution in [0.3, 0.4) is 0 Å². The maximum absolute atomic E-state index is 14.6. The number of likely N-dealkylation sites (tertiary alicyclic amines) is 2. The van der Waals surface area contributed by atoms with Gasteiger partial charge in [0.25, 0.3) is 35.4 Å². The van der Waals surface area contributed by atoms with Crippen LogP contribution in [0.4, 0.5) is 0 Å². The van der Waals surface area contributed by atoms with E-state index in [1.165, 1.54) is 71.0 Å². The van der Waals surface area contributed by atoms with Crippen LogP contribution in [0.5, 0.6) is 0 Å². The van der Waals surface area contributed by atoms with Gasteiger partial charge < -0.3 is 67.0 Å². The second-order valence-corrected chi connectivity index (χ2v) is 42.0. The minimum atomic E-state index is -1.31. The zero-order valence-corrected chi connectivity index (χ0v) is 89.6. The van der Waals surface area contributed by atoms with E-state index in [0.29, 0.717) is 137 Å². The molecule has 802 valence electrons. The lowest BCUT2D eigenvalue weighted by Gasteiger charge is -2.39. The lowest BCUT2D eigenvalue weighted by molar-refractivity contribution is -0.150. The molecule has 2 aromatic carbocycles. The van der Waals surface area contributed by atoms with E-state index in [9.17, 15) is 86.9 Å². The Morgan fingerprint density at radius 2 is 0.897 bits per heavy atom. The van der Waals surface area contributed by atoms with Crippen LogP contribution >= 0.6 is 22.7 Å². The van der Waals surface area contributed by atoms with Crippen molar-refractivity contribution in [1.82, 2.24) is 60.6 Å². The normalized spacial score (nSPS) is 17.8. The first-order valence-corrected chi connectivity index (χ1v) is 53.8. The number of ketones is 4. The molecule has 0 radical (unpaired) electrons. The van der Waals surface area contributed by atoms with Crippen molar-refractivity contribution in [2.24, 2.45) is 52.9 Å². The summed E-state index contributed by atoms with van der Waals surface area (Å²) in [6.45, 7) is 21.1. The highest BCUT2D eigenvalue weighted by Crippen LogP contribution is 2.37. The Kier molecular flexibility index (Phi) is 52.6. The molecule has 4 aliphatic rings. The Bertz CT molecular complexity index is 4930. The highest BCUT2D eigenvalue weighted by atomic mass is 32.1. The van der Waals surface area contributed by atoms with Gasteiger partial charge >= 0.3 is 11.9 Å². The van der Waals surface area contributed by atoms with Gasteiger partial charge in [0.15, 0.2) is 23.1 Å². The minimum Gasteiger partial charge on any atom is -0.481 e. The van der Waals surface area contributed by atoms with Crippen LogP contribution in [-0.4, -0.2) is 281 Å². The zero-order chi connectivity index (χ0) is 107. The molecule has 0 saturated carbocycles. The molecular weight excluding hydrogens is 1890 g/mol. The van der Waals surface area contributed by atoms with E-state index in [2.05, 4.69) is 49.9 Å². The topological polar surface area (TPSA) is 487 Å². The molecule has 0 bridgehead atoms. The van der Waals surface area contributed by atoms with Gasteiger partial charge in [-0.3, -0.25) is 91.5 Å². The number of carbonyl (C=O) groups excluding carboxylic acids is 14. The van der Waals surface area contributed by atoms with Gasteiger partial charge in [-0.15, -0.1) is 22.7 Å². The molecule has 0 spiro atoms. The number of Topliss-reactive ketones (excluding diaryl/α,β-unsaturated/α-hetero) is 4. The molecule has 2 aromatic heterocycles. The van der Waals surface area contributed by atoms with Crippen molar-refractivity contribution >= 4 is 117 Å². The highest BCUT2D eigenvalue weighted by molar-refractivity contribution is 7.10. The number of carboxylic acids is 2. The molecule has 145 heavy (non-hydrogen) atoms. The van der Waals surface area contributed by atoms with Crippen molar-refractivity contribution in [3.63, 3.8) is 0 Å². The average molecular weight is 2060 g/mol. The van der Waals surface area contributed by atoms with Gasteiger partial charge in [0, 0.05) is 164 Å². The summed E-state index contributed by atoms with van der Waals surface area (Å²) in [6, 6.07) is 9.91. The Labute approximate surface area is 864 Å². The van der Waals surface area contributed by atoms with Gasteiger partial charge in [-0.05, 0) is 189 Å². The molecule has 0 aliphatic carbocycles. The summed E-state index contributed by atoms with van der Waals surface area (Å²) in [5, 5.41) is 35.7. The molecule has 6 heterocycles. The molecule has 10 amide bonds. The van der Waals surface area contributed by atoms with Gasteiger partial charge in [0.05, 0.1) is 30.1 Å². The van der Waals surface area contributed by atoms with E-state index in [0.717, 1.165) is 75.6 Å². The number of hydrogen-bond donors (Lipinski definition) is 8.